The monoisotopic (exact) mass is 277 g/mol. The summed E-state index contributed by atoms with van der Waals surface area (Å²) in [6.45, 7) is 0. The van der Waals surface area contributed by atoms with Gasteiger partial charge in [-0.1, -0.05) is 0 Å². The second-order valence-corrected chi connectivity index (χ2v) is 3.78. The van der Waals surface area contributed by atoms with E-state index in [0.29, 0.717) is 0 Å². The minimum absolute atomic E-state index is 0.107. The lowest BCUT2D eigenvalue weighted by Crippen LogP contribution is -2.12. The van der Waals surface area contributed by atoms with Crippen molar-refractivity contribution in [2.24, 2.45) is 0 Å². The topological polar surface area (TPSA) is 136 Å². The number of nitrogens with zero attached hydrogens (tertiary/aromatic N) is 2. The minimum Gasteiger partial charge on any atom is -0.490 e. The molecule has 1 amide bonds. The summed E-state index contributed by atoms with van der Waals surface area (Å²) in [5, 5.41) is 13.4. The highest BCUT2D eigenvalue weighted by atomic mass is 16.6. The van der Waals surface area contributed by atoms with Crippen LogP contribution in [0.1, 0.15) is 10.5 Å². The summed E-state index contributed by atoms with van der Waals surface area (Å²) < 4.78 is 4.87. The van der Waals surface area contributed by atoms with Gasteiger partial charge in [-0.15, -0.1) is 0 Å². The lowest BCUT2D eigenvalue weighted by molar-refractivity contribution is -0.385. The van der Waals surface area contributed by atoms with E-state index < -0.39 is 10.8 Å². The number of carbonyl (C=O) groups is 1. The van der Waals surface area contributed by atoms with Crippen LogP contribution in [0.4, 0.5) is 17.3 Å². The first-order valence-corrected chi connectivity index (χ1v) is 5.45. The molecule has 0 spiro atoms. The van der Waals surface area contributed by atoms with Gasteiger partial charge >= 0.3 is 5.69 Å². The van der Waals surface area contributed by atoms with Crippen molar-refractivity contribution in [1.29, 1.82) is 0 Å². The van der Waals surface area contributed by atoms with Gasteiger partial charge < -0.3 is 20.8 Å². The second kappa shape index (κ2) is 5.26. The fourth-order valence-electron chi connectivity index (χ4n) is 1.56. The van der Waals surface area contributed by atoms with Crippen molar-refractivity contribution in [3.05, 3.63) is 40.2 Å². The van der Waals surface area contributed by atoms with E-state index in [9.17, 15) is 14.9 Å². The summed E-state index contributed by atoms with van der Waals surface area (Å²) in [6.07, 6.45) is 1.27. The normalized spacial score (nSPS) is 10.1. The number of hydrogen-bond acceptors (Lipinski definition) is 6. The molecule has 9 nitrogen and oxygen atoms in total. The van der Waals surface area contributed by atoms with Crippen LogP contribution in [0, 0.1) is 10.1 Å². The molecule has 0 saturated carbocycles. The Kier molecular flexibility index (Phi) is 3.51. The van der Waals surface area contributed by atoms with Crippen LogP contribution in [-0.4, -0.2) is 27.9 Å². The van der Waals surface area contributed by atoms with Crippen molar-refractivity contribution in [2.75, 3.05) is 18.2 Å². The van der Waals surface area contributed by atoms with E-state index in [-0.39, 0.29) is 28.8 Å². The molecule has 0 atom stereocenters. The largest absolute Gasteiger partial charge is 0.490 e. The number of nitrogens with two attached hydrogens (primary N) is 1. The first-order valence-electron chi connectivity index (χ1n) is 5.45. The van der Waals surface area contributed by atoms with Crippen LogP contribution in [0.2, 0.25) is 0 Å². The fourth-order valence-corrected chi connectivity index (χ4v) is 1.56. The van der Waals surface area contributed by atoms with Crippen LogP contribution in [0.25, 0.3) is 0 Å². The summed E-state index contributed by atoms with van der Waals surface area (Å²) in [6, 6.07) is 4.09. The Bertz CT molecular complexity index is 667. The van der Waals surface area contributed by atoms with E-state index in [1.807, 2.05) is 0 Å². The van der Waals surface area contributed by atoms with Gasteiger partial charge in [-0.05, 0) is 12.1 Å². The van der Waals surface area contributed by atoms with Gasteiger partial charge in [-0.25, -0.2) is 4.98 Å². The minimum atomic E-state index is -0.595. The van der Waals surface area contributed by atoms with Crippen LogP contribution in [0.3, 0.4) is 0 Å². The molecule has 0 radical (unpaired) electrons. The Morgan fingerprint density at radius 2 is 2.30 bits per heavy atom. The number of benzene rings is 1. The molecule has 0 aliphatic rings. The number of ether oxygens (including phenoxy) is 1. The number of H-pyrrole nitrogens is 1. The molecule has 0 fully saturated rings. The van der Waals surface area contributed by atoms with Crippen molar-refractivity contribution < 1.29 is 14.5 Å². The number of nitrogens with one attached hydrogen (secondary N) is 2. The highest BCUT2D eigenvalue weighted by Gasteiger charge is 2.17. The average Bonchev–Trinajstić information content (AvgIpc) is 2.85. The average molecular weight is 277 g/mol. The van der Waals surface area contributed by atoms with E-state index in [0.717, 1.165) is 0 Å². The number of aromatic nitrogens is 2. The third-order valence-electron chi connectivity index (χ3n) is 2.47. The van der Waals surface area contributed by atoms with Gasteiger partial charge in [0, 0.05) is 11.8 Å². The third kappa shape index (κ3) is 2.66. The zero-order valence-electron chi connectivity index (χ0n) is 10.4. The van der Waals surface area contributed by atoms with Crippen LogP contribution in [0.15, 0.2) is 24.4 Å². The molecule has 1 heterocycles. The number of nitro groups is 1. The molecule has 20 heavy (non-hydrogen) atoms. The van der Waals surface area contributed by atoms with Gasteiger partial charge in [0.15, 0.2) is 11.7 Å². The summed E-state index contributed by atoms with van der Waals surface area (Å²) in [5.74, 6) is -0.289. The Morgan fingerprint density at radius 3 is 2.85 bits per heavy atom. The Labute approximate surface area is 112 Å². The second-order valence-electron chi connectivity index (χ2n) is 3.78. The number of aromatic amines is 1. The number of rotatable bonds is 4. The van der Waals surface area contributed by atoms with Crippen LogP contribution in [-0.2, 0) is 0 Å². The summed E-state index contributed by atoms with van der Waals surface area (Å²) in [4.78, 5) is 28.3. The molecule has 0 unspecified atom stereocenters. The van der Waals surface area contributed by atoms with Crippen molar-refractivity contribution in [3.8, 4) is 5.75 Å². The van der Waals surface area contributed by atoms with Gasteiger partial charge in [0.1, 0.15) is 5.69 Å². The maximum Gasteiger partial charge on any atom is 0.312 e. The smallest absolute Gasteiger partial charge is 0.312 e. The molecule has 104 valence electrons. The van der Waals surface area contributed by atoms with E-state index in [2.05, 4.69) is 15.3 Å². The number of imidazole rings is 1. The molecular formula is C11H11N5O4. The molecule has 2 rings (SSSR count). The Balaban J connectivity index is 2.23. The number of hydrogen-bond donors (Lipinski definition) is 3. The Morgan fingerprint density at radius 1 is 1.55 bits per heavy atom. The molecule has 0 aliphatic carbocycles. The van der Waals surface area contributed by atoms with Crippen molar-refractivity contribution in [3.63, 3.8) is 0 Å². The van der Waals surface area contributed by atoms with Crippen LogP contribution >= 0.6 is 0 Å². The standard InChI is InChI=1S/C11H11N5O4/c1-20-9-3-2-6(4-8(9)16(18)19)14-10(17)7-5-13-11(12)15-7/h2-5H,1H3,(H,14,17)(H3,12,13,15). The number of anilines is 2. The van der Waals surface area contributed by atoms with E-state index in [1.54, 1.807) is 0 Å². The number of nitrogen functional groups attached to an aromatic ring is 1. The Hall–Kier alpha value is -3.10. The number of nitro benzene ring substituents is 1. The zero-order valence-corrected chi connectivity index (χ0v) is 10.4. The van der Waals surface area contributed by atoms with Crippen molar-refractivity contribution in [2.45, 2.75) is 0 Å². The first kappa shape index (κ1) is 13.3. The highest BCUT2D eigenvalue weighted by Crippen LogP contribution is 2.29. The first-order chi connectivity index (χ1) is 9.51. The SMILES string of the molecule is COc1ccc(NC(=O)c2cnc(N)[nH]2)cc1[N+](=O)[O-]. The van der Waals surface area contributed by atoms with Gasteiger partial charge in [-0.2, -0.15) is 0 Å². The molecule has 1 aromatic heterocycles. The maximum atomic E-state index is 11.8. The third-order valence-corrected chi connectivity index (χ3v) is 2.47. The summed E-state index contributed by atoms with van der Waals surface area (Å²) in [7, 11) is 1.33. The number of amides is 1. The zero-order chi connectivity index (χ0) is 14.7. The van der Waals surface area contributed by atoms with E-state index in [1.165, 1.54) is 31.5 Å². The molecule has 0 bridgehead atoms. The van der Waals surface area contributed by atoms with Crippen molar-refractivity contribution in [1.82, 2.24) is 9.97 Å². The molecule has 0 saturated heterocycles. The fraction of sp³-hybridized carbons (Fsp3) is 0.0909. The predicted octanol–water partition coefficient (Wildman–Crippen LogP) is 1.16. The highest BCUT2D eigenvalue weighted by molar-refractivity contribution is 6.03. The summed E-state index contributed by atoms with van der Waals surface area (Å²) >= 11 is 0. The molecule has 0 aliphatic heterocycles. The molecule has 4 N–H and O–H groups in total. The lowest BCUT2D eigenvalue weighted by atomic mass is 10.2. The van der Waals surface area contributed by atoms with Gasteiger partial charge in [-0.3, -0.25) is 14.9 Å². The van der Waals surface area contributed by atoms with Crippen LogP contribution < -0.4 is 15.8 Å². The van der Waals surface area contributed by atoms with Crippen LogP contribution in [0.5, 0.6) is 5.75 Å². The van der Waals surface area contributed by atoms with Gasteiger partial charge in [0.05, 0.1) is 18.2 Å². The van der Waals surface area contributed by atoms with Crippen molar-refractivity contribution >= 4 is 23.2 Å². The predicted molar refractivity (Wildman–Crippen MR) is 70.6 cm³/mol. The molecule has 1 aromatic carbocycles. The molecule has 2 aromatic rings. The van der Waals surface area contributed by atoms with Gasteiger partial charge in [0.25, 0.3) is 5.91 Å². The molecular weight excluding hydrogens is 266 g/mol. The van der Waals surface area contributed by atoms with E-state index in [4.69, 9.17) is 10.5 Å². The lowest BCUT2D eigenvalue weighted by Gasteiger charge is -2.06. The van der Waals surface area contributed by atoms with Gasteiger partial charge in [0.2, 0.25) is 0 Å². The number of methoxy groups -OCH3 is 1. The molecule has 9 heteroatoms. The number of carbonyl (C=O) groups excluding carboxylic acids is 1. The maximum absolute atomic E-state index is 11.8. The quantitative estimate of drug-likeness (QED) is 0.566. The summed E-state index contributed by atoms with van der Waals surface area (Å²) in [5.41, 5.74) is 5.53. The van der Waals surface area contributed by atoms with E-state index >= 15 is 0 Å².